The van der Waals surface area contributed by atoms with E-state index in [0.29, 0.717) is 11.6 Å². The number of aromatic nitrogens is 4. The Hall–Kier alpha value is -1.36. The van der Waals surface area contributed by atoms with E-state index in [1.807, 2.05) is 18.2 Å². The molecule has 0 saturated carbocycles. The van der Waals surface area contributed by atoms with Crippen molar-refractivity contribution in [3.63, 3.8) is 0 Å². The van der Waals surface area contributed by atoms with E-state index < -0.39 is 0 Å². The molecule has 0 amide bonds. The molecule has 0 aliphatic carbocycles. The second-order valence-electron chi connectivity index (χ2n) is 2.48. The first-order chi connectivity index (χ1) is 6.40. The van der Waals surface area contributed by atoms with Crippen molar-refractivity contribution >= 4 is 12.6 Å². The number of aromatic amines is 1. The number of rotatable bonds is 2. The third-order valence-electron chi connectivity index (χ3n) is 1.58. The highest BCUT2D eigenvalue weighted by molar-refractivity contribution is 7.79. The largest absolute Gasteiger partial charge is 0.262 e. The van der Waals surface area contributed by atoms with Gasteiger partial charge in [-0.05, 0) is 12.1 Å². The topological polar surface area (TPSA) is 54.5 Å². The molecular weight excluding hydrogens is 196 g/mol. The summed E-state index contributed by atoms with van der Waals surface area (Å²) in [5.74, 6) is 1.92. The Morgan fingerprint density at radius 2 is 2.21 bits per heavy atom. The molecule has 0 fully saturated rings. The van der Waals surface area contributed by atoms with Crippen LogP contribution < -0.4 is 0 Å². The third-order valence-corrected chi connectivity index (χ3v) is 1.88. The number of nitrogens with one attached hydrogen (secondary N) is 1. The minimum atomic E-state index is 0. The molecule has 74 valence electrons. The van der Waals surface area contributed by atoms with E-state index >= 15 is 0 Å². The molecule has 2 rings (SSSR count). The normalized spacial score (nSPS) is 9.50. The lowest BCUT2D eigenvalue weighted by molar-refractivity contribution is 1.03. The van der Waals surface area contributed by atoms with Crippen molar-refractivity contribution in [2.24, 2.45) is 0 Å². The van der Waals surface area contributed by atoms with Crippen molar-refractivity contribution in [2.45, 2.75) is 13.2 Å². The zero-order valence-corrected chi connectivity index (χ0v) is 7.70. The average Bonchev–Trinajstić information content (AvgIpc) is 2.67. The van der Waals surface area contributed by atoms with Crippen molar-refractivity contribution in [2.75, 3.05) is 0 Å². The van der Waals surface area contributed by atoms with Crippen molar-refractivity contribution < 1.29 is 0 Å². The van der Waals surface area contributed by atoms with Gasteiger partial charge in [0.25, 0.3) is 0 Å². The predicted molar refractivity (Wildman–Crippen MR) is 59.0 cm³/mol. The van der Waals surface area contributed by atoms with Crippen LogP contribution in [-0.2, 0) is 5.75 Å². The Balaban J connectivity index is 0.000000980. The fourth-order valence-corrected chi connectivity index (χ4v) is 1.12. The molecule has 2 aromatic heterocycles. The van der Waals surface area contributed by atoms with E-state index in [0.717, 1.165) is 11.5 Å². The molecule has 4 nitrogen and oxygen atoms in total. The second-order valence-corrected chi connectivity index (χ2v) is 2.80. The van der Waals surface area contributed by atoms with Gasteiger partial charge in [-0.1, -0.05) is 13.5 Å². The molecule has 0 aromatic carbocycles. The fourth-order valence-electron chi connectivity index (χ4n) is 0.976. The summed E-state index contributed by atoms with van der Waals surface area (Å²) in [7, 11) is 0. The van der Waals surface area contributed by atoms with Crippen LogP contribution in [0.3, 0.4) is 0 Å². The summed E-state index contributed by atoms with van der Waals surface area (Å²) < 4.78 is 0. The van der Waals surface area contributed by atoms with Crippen LogP contribution in [0.4, 0.5) is 0 Å². The summed E-state index contributed by atoms with van der Waals surface area (Å²) in [4.78, 5) is 8.32. The molecule has 0 unspecified atom stereocenters. The number of thiol groups is 1. The number of nitrogens with zero attached hydrogens (tertiary/aromatic N) is 3. The summed E-state index contributed by atoms with van der Waals surface area (Å²) in [5, 5.41) is 6.79. The third kappa shape index (κ3) is 2.11. The molecule has 0 radical (unpaired) electrons. The standard InChI is InChI=1S/C8H8N4S.CH4/c13-5-7-10-8(12-11-7)6-3-1-2-4-9-6;/h1-4,13H,5H2,(H,10,11,12);1H4. The van der Waals surface area contributed by atoms with E-state index in [1.165, 1.54) is 0 Å². The maximum absolute atomic E-state index is 4.19. The molecule has 2 aromatic rings. The summed E-state index contributed by atoms with van der Waals surface area (Å²) in [6, 6.07) is 5.63. The van der Waals surface area contributed by atoms with Crippen LogP contribution in [0.2, 0.25) is 0 Å². The summed E-state index contributed by atoms with van der Waals surface area (Å²) >= 11 is 4.08. The first kappa shape index (κ1) is 10.7. The lowest BCUT2D eigenvalue weighted by atomic mass is 10.3. The van der Waals surface area contributed by atoms with E-state index in [1.54, 1.807) is 6.20 Å². The van der Waals surface area contributed by atoms with Crippen LogP contribution in [0, 0.1) is 0 Å². The van der Waals surface area contributed by atoms with E-state index in [-0.39, 0.29) is 7.43 Å². The predicted octanol–water partition coefficient (Wildman–Crippen LogP) is 1.93. The van der Waals surface area contributed by atoms with Crippen molar-refractivity contribution in [3.05, 3.63) is 30.2 Å². The average molecular weight is 208 g/mol. The second kappa shape index (κ2) is 4.76. The van der Waals surface area contributed by atoms with E-state index in [4.69, 9.17) is 0 Å². The molecule has 2 heterocycles. The minimum absolute atomic E-state index is 0. The first-order valence-corrected chi connectivity index (χ1v) is 4.47. The van der Waals surface area contributed by atoms with Crippen molar-refractivity contribution in [1.82, 2.24) is 20.2 Å². The van der Waals surface area contributed by atoms with Gasteiger partial charge in [0, 0.05) is 6.20 Å². The highest BCUT2D eigenvalue weighted by Crippen LogP contribution is 2.10. The molecular formula is C9H12N4S. The Bertz CT molecular complexity index is 385. The number of hydrogen-bond acceptors (Lipinski definition) is 4. The summed E-state index contributed by atoms with van der Waals surface area (Å²) in [6.07, 6.45) is 1.71. The highest BCUT2D eigenvalue weighted by atomic mass is 32.1. The van der Waals surface area contributed by atoms with Crippen molar-refractivity contribution in [3.8, 4) is 11.5 Å². The number of H-pyrrole nitrogens is 1. The molecule has 5 heteroatoms. The van der Waals surface area contributed by atoms with E-state index in [9.17, 15) is 0 Å². The molecule has 0 atom stereocenters. The van der Waals surface area contributed by atoms with Crippen LogP contribution in [0.5, 0.6) is 0 Å². The van der Waals surface area contributed by atoms with E-state index in [2.05, 4.69) is 32.8 Å². The zero-order chi connectivity index (χ0) is 9.10. The van der Waals surface area contributed by atoms with Gasteiger partial charge >= 0.3 is 0 Å². The molecule has 0 bridgehead atoms. The molecule has 0 spiro atoms. The van der Waals surface area contributed by atoms with Crippen molar-refractivity contribution in [1.29, 1.82) is 0 Å². The van der Waals surface area contributed by atoms with Gasteiger partial charge in [-0.2, -0.15) is 17.7 Å². The smallest absolute Gasteiger partial charge is 0.199 e. The Kier molecular flexibility index (Phi) is 3.64. The number of hydrogen-bond donors (Lipinski definition) is 2. The van der Waals surface area contributed by atoms with Gasteiger partial charge < -0.3 is 0 Å². The Labute approximate surface area is 88.2 Å². The lowest BCUT2D eigenvalue weighted by Gasteiger charge is -1.90. The highest BCUT2D eigenvalue weighted by Gasteiger charge is 2.04. The van der Waals surface area contributed by atoms with Gasteiger partial charge in [0.2, 0.25) is 0 Å². The SMILES string of the molecule is C.SCc1nc(-c2ccccn2)n[nH]1. The number of pyridine rings is 1. The lowest BCUT2D eigenvalue weighted by Crippen LogP contribution is -1.84. The molecule has 0 saturated heterocycles. The van der Waals surface area contributed by atoms with Crippen LogP contribution >= 0.6 is 12.6 Å². The summed E-state index contributed by atoms with van der Waals surface area (Å²) in [5.41, 5.74) is 0.770. The zero-order valence-electron chi connectivity index (χ0n) is 6.81. The van der Waals surface area contributed by atoms with Gasteiger partial charge in [0.05, 0.1) is 5.75 Å². The maximum Gasteiger partial charge on any atom is 0.199 e. The van der Waals surface area contributed by atoms with Gasteiger partial charge in [-0.25, -0.2) is 4.98 Å². The first-order valence-electron chi connectivity index (χ1n) is 3.83. The van der Waals surface area contributed by atoms with Crippen LogP contribution in [0.25, 0.3) is 11.5 Å². The molecule has 0 aliphatic rings. The van der Waals surface area contributed by atoms with Crippen LogP contribution in [0.15, 0.2) is 24.4 Å². The van der Waals surface area contributed by atoms with Gasteiger partial charge in [0.1, 0.15) is 11.5 Å². The quantitative estimate of drug-likeness (QED) is 0.741. The summed E-state index contributed by atoms with van der Waals surface area (Å²) in [6.45, 7) is 0. The monoisotopic (exact) mass is 208 g/mol. The Morgan fingerprint density at radius 3 is 2.79 bits per heavy atom. The van der Waals surface area contributed by atoms with Gasteiger partial charge in [-0.3, -0.25) is 10.1 Å². The van der Waals surface area contributed by atoms with Gasteiger partial charge in [0.15, 0.2) is 5.82 Å². The molecule has 14 heavy (non-hydrogen) atoms. The fraction of sp³-hybridized carbons (Fsp3) is 0.222. The maximum atomic E-state index is 4.19. The minimum Gasteiger partial charge on any atom is -0.262 e. The van der Waals surface area contributed by atoms with Gasteiger partial charge in [-0.15, -0.1) is 0 Å². The molecule has 1 N–H and O–H groups in total. The van der Waals surface area contributed by atoms with Crippen LogP contribution in [-0.4, -0.2) is 20.2 Å². The Morgan fingerprint density at radius 1 is 1.36 bits per heavy atom. The molecule has 0 aliphatic heterocycles. The van der Waals surface area contributed by atoms with Crippen LogP contribution in [0.1, 0.15) is 13.3 Å².